The Kier molecular flexibility index (Phi) is 4.41. The molecule has 1 atom stereocenters. The van der Waals surface area contributed by atoms with Crippen LogP contribution in [0.4, 0.5) is 10.5 Å². The third-order valence-electron chi connectivity index (χ3n) is 5.18. The van der Waals surface area contributed by atoms with Gasteiger partial charge in [0.1, 0.15) is 12.1 Å². The Morgan fingerprint density at radius 1 is 1.14 bits per heavy atom. The number of hydrogen-bond acceptors (Lipinski definition) is 5. The number of fused-ring (bicyclic) bond motifs is 1. The van der Waals surface area contributed by atoms with Crippen molar-refractivity contribution in [3.63, 3.8) is 0 Å². The van der Waals surface area contributed by atoms with Gasteiger partial charge in [0.05, 0.1) is 0 Å². The first kappa shape index (κ1) is 18.8. The van der Waals surface area contributed by atoms with E-state index in [0.717, 1.165) is 16.0 Å². The normalized spacial score (nSPS) is 20.0. The molecular weight excluding hydrogens is 374 g/mol. The largest absolute Gasteiger partial charge is 0.454 e. The number of carbonyl (C=O) groups excluding carboxylic acids is 3. The molecule has 0 radical (unpaired) electrons. The minimum Gasteiger partial charge on any atom is -0.454 e. The van der Waals surface area contributed by atoms with Crippen LogP contribution in [-0.2, 0) is 15.1 Å². The van der Waals surface area contributed by atoms with Crippen LogP contribution in [0.15, 0.2) is 36.4 Å². The van der Waals surface area contributed by atoms with Gasteiger partial charge in [0.15, 0.2) is 11.5 Å². The molecule has 2 N–H and O–H groups in total. The van der Waals surface area contributed by atoms with E-state index in [9.17, 15) is 14.4 Å². The van der Waals surface area contributed by atoms with Gasteiger partial charge in [-0.1, -0.05) is 23.8 Å². The van der Waals surface area contributed by atoms with Gasteiger partial charge in [0.2, 0.25) is 12.7 Å². The quantitative estimate of drug-likeness (QED) is 0.775. The number of urea groups is 1. The summed E-state index contributed by atoms with van der Waals surface area (Å²) in [6, 6.07) is 10.1. The molecule has 0 bridgehead atoms. The zero-order valence-electron chi connectivity index (χ0n) is 16.4. The Morgan fingerprint density at radius 3 is 2.66 bits per heavy atom. The highest BCUT2D eigenvalue weighted by molar-refractivity contribution is 6.10. The van der Waals surface area contributed by atoms with E-state index in [1.54, 1.807) is 31.2 Å². The summed E-state index contributed by atoms with van der Waals surface area (Å²) >= 11 is 0. The van der Waals surface area contributed by atoms with E-state index < -0.39 is 23.4 Å². The van der Waals surface area contributed by atoms with Crippen molar-refractivity contribution in [2.24, 2.45) is 0 Å². The highest BCUT2D eigenvalue weighted by Crippen LogP contribution is 2.37. The fraction of sp³-hybridized carbons (Fsp3) is 0.286. The Labute approximate surface area is 167 Å². The minimum absolute atomic E-state index is 0.112. The molecule has 1 saturated heterocycles. The lowest BCUT2D eigenvalue weighted by Crippen LogP contribution is -2.42. The molecule has 4 amide bonds. The topological polar surface area (TPSA) is 97.0 Å². The van der Waals surface area contributed by atoms with E-state index in [2.05, 4.69) is 10.6 Å². The number of carbonyl (C=O) groups is 3. The number of benzene rings is 2. The highest BCUT2D eigenvalue weighted by Gasteiger charge is 2.49. The summed E-state index contributed by atoms with van der Waals surface area (Å²) in [7, 11) is 0. The van der Waals surface area contributed by atoms with Crippen molar-refractivity contribution in [1.82, 2.24) is 10.2 Å². The number of nitrogens with zero attached hydrogens (tertiary/aromatic N) is 1. The maximum Gasteiger partial charge on any atom is 0.325 e. The van der Waals surface area contributed by atoms with Crippen LogP contribution < -0.4 is 20.1 Å². The van der Waals surface area contributed by atoms with Crippen molar-refractivity contribution in [2.75, 3.05) is 18.7 Å². The zero-order chi connectivity index (χ0) is 20.8. The van der Waals surface area contributed by atoms with Crippen molar-refractivity contribution in [3.05, 3.63) is 53.1 Å². The number of rotatable bonds is 4. The van der Waals surface area contributed by atoms with E-state index in [0.29, 0.717) is 22.7 Å². The van der Waals surface area contributed by atoms with Gasteiger partial charge in [-0.05, 0) is 50.1 Å². The van der Waals surface area contributed by atoms with Gasteiger partial charge in [-0.3, -0.25) is 14.5 Å². The maximum absolute atomic E-state index is 13.0. The fourth-order valence-corrected chi connectivity index (χ4v) is 3.53. The molecule has 8 heteroatoms. The zero-order valence-corrected chi connectivity index (χ0v) is 16.4. The minimum atomic E-state index is -1.29. The molecule has 4 rings (SSSR count). The molecule has 0 aromatic heterocycles. The molecule has 2 aromatic carbocycles. The number of amides is 4. The van der Waals surface area contributed by atoms with E-state index in [1.807, 2.05) is 26.0 Å². The molecule has 150 valence electrons. The van der Waals surface area contributed by atoms with Crippen molar-refractivity contribution in [3.8, 4) is 11.5 Å². The number of imide groups is 1. The number of aryl methyl sites for hydroxylation is 2. The van der Waals surface area contributed by atoms with Crippen LogP contribution in [-0.4, -0.2) is 36.1 Å². The summed E-state index contributed by atoms with van der Waals surface area (Å²) in [6.45, 7) is 5.18. The molecule has 2 aliphatic heterocycles. The third kappa shape index (κ3) is 3.26. The summed E-state index contributed by atoms with van der Waals surface area (Å²) < 4.78 is 10.6. The van der Waals surface area contributed by atoms with Gasteiger partial charge in [0, 0.05) is 5.69 Å². The maximum atomic E-state index is 13.0. The van der Waals surface area contributed by atoms with Crippen LogP contribution in [0.1, 0.15) is 23.6 Å². The van der Waals surface area contributed by atoms with Crippen LogP contribution >= 0.6 is 0 Å². The predicted molar refractivity (Wildman–Crippen MR) is 105 cm³/mol. The average molecular weight is 395 g/mol. The summed E-state index contributed by atoms with van der Waals surface area (Å²) in [4.78, 5) is 38.9. The number of anilines is 1. The second-order valence-corrected chi connectivity index (χ2v) is 7.38. The third-order valence-corrected chi connectivity index (χ3v) is 5.18. The van der Waals surface area contributed by atoms with Crippen molar-refractivity contribution in [1.29, 1.82) is 0 Å². The number of nitrogens with one attached hydrogen (secondary N) is 2. The van der Waals surface area contributed by atoms with Gasteiger partial charge in [0.25, 0.3) is 5.91 Å². The predicted octanol–water partition coefficient (Wildman–Crippen LogP) is 2.44. The molecule has 1 fully saturated rings. The van der Waals surface area contributed by atoms with Crippen molar-refractivity contribution >= 4 is 23.5 Å². The second kappa shape index (κ2) is 6.80. The van der Waals surface area contributed by atoms with E-state index >= 15 is 0 Å². The monoisotopic (exact) mass is 395 g/mol. The molecule has 2 aromatic rings. The summed E-state index contributed by atoms with van der Waals surface area (Å²) in [5.74, 6) is 0.142. The molecule has 8 nitrogen and oxygen atoms in total. The van der Waals surface area contributed by atoms with Crippen molar-refractivity contribution in [2.45, 2.75) is 26.3 Å². The van der Waals surface area contributed by atoms with Gasteiger partial charge in [-0.15, -0.1) is 0 Å². The first-order valence-corrected chi connectivity index (χ1v) is 9.19. The van der Waals surface area contributed by atoms with Crippen LogP contribution in [0.3, 0.4) is 0 Å². The van der Waals surface area contributed by atoms with Crippen LogP contribution in [0.2, 0.25) is 0 Å². The molecule has 0 saturated carbocycles. The average Bonchev–Trinajstić information content (AvgIpc) is 3.22. The van der Waals surface area contributed by atoms with Crippen molar-refractivity contribution < 1.29 is 23.9 Å². The smallest absolute Gasteiger partial charge is 0.325 e. The Morgan fingerprint density at radius 2 is 1.90 bits per heavy atom. The standard InChI is InChI=1S/C21H21N3O5/c1-12-4-6-15(13(2)8-12)22-18(25)10-24-19(26)21(3,23-20(24)27)14-5-7-16-17(9-14)29-11-28-16/h4-9H,10-11H2,1-3H3,(H,22,25)(H,23,27)/t21-/m1/s1. The SMILES string of the molecule is Cc1ccc(NC(=O)CN2C(=O)N[C@](C)(c3ccc4c(c3)OCO4)C2=O)c(C)c1. The lowest BCUT2D eigenvalue weighted by molar-refractivity contribution is -0.133. The summed E-state index contributed by atoms with van der Waals surface area (Å²) in [5, 5.41) is 5.44. The highest BCUT2D eigenvalue weighted by atomic mass is 16.7. The first-order chi connectivity index (χ1) is 13.8. The summed E-state index contributed by atoms with van der Waals surface area (Å²) in [6.07, 6.45) is 0. The Bertz CT molecular complexity index is 1030. The lowest BCUT2D eigenvalue weighted by Gasteiger charge is -2.22. The van der Waals surface area contributed by atoms with E-state index in [4.69, 9.17) is 9.47 Å². The molecule has 2 heterocycles. The molecule has 2 aliphatic rings. The van der Waals surface area contributed by atoms with E-state index in [-0.39, 0.29) is 13.3 Å². The lowest BCUT2D eigenvalue weighted by atomic mass is 9.91. The van der Waals surface area contributed by atoms with Gasteiger partial charge < -0.3 is 20.1 Å². The van der Waals surface area contributed by atoms with Crippen LogP contribution in [0, 0.1) is 13.8 Å². The molecule has 29 heavy (non-hydrogen) atoms. The van der Waals surface area contributed by atoms with Gasteiger partial charge in [-0.2, -0.15) is 0 Å². The Hall–Kier alpha value is -3.55. The number of ether oxygens (including phenoxy) is 2. The second-order valence-electron chi connectivity index (χ2n) is 7.38. The molecule has 0 unspecified atom stereocenters. The summed E-state index contributed by atoms with van der Waals surface area (Å²) in [5.41, 5.74) is 1.89. The van der Waals surface area contributed by atoms with Crippen LogP contribution in [0.25, 0.3) is 0 Å². The number of hydrogen-bond donors (Lipinski definition) is 2. The molecular formula is C21H21N3O5. The van der Waals surface area contributed by atoms with Gasteiger partial charge >= 0.3 is 6.03 Å². The van der Waals surface area contributed by atoms with Gasteiger partial charge in [-0.25, -0.2) is 4.79 Å². The first-order valence-electron chi connectivity index (χ1n) is 9.19. The van der Waals surface area contributed by atoms with Crippen LogP contribution in [0.5, 0.6) is 11.5 Å². The fourth-order valence-electron chi connectivity index (χ4n) is 3.53. The van der Waals surface area contributed by atoms with E-state index in [1.165, 1.54) is 0 Å². The molecule has 0 spiro atoms. The molecule has 0 aliphatic carbocycles. The Balaban J connectivity index is 1.51.